The summed E-state index contributed by atoms with van der Waals surface area (Å²) in [5, 5.41) is 0. The molecule has 0 aliphatic rings. The zero-order valence-electron chi connectivity index (χ0n) is 13.9. The predicted octanol–water partition coefficient (Wildman–Crippen LogP) is 2.47. The van der Waals surface area contributed by atoms with E-state index in [1.807, 2.05) is 6.92 Å². The molecular weight excluding hydrogens is 330 g/mol. The lowest BCUT2D eigenvalue weighted by molar-refractivity contribution is 0.0882. The summed E-state index contributed by atoms with van der Waals surface area (Å²) in [6.07, 6.45) is 0. The van der Waals surface area contributed by atoms with Gasteiger partial charge in [-0.3, -0.25) is 4.79 Å². The molecule has 128 valence electrons. The number of hydrogen-bond donors (Lipinski definition) is 0. The molecule has 6 nitrogen and oxygen atoms in total. The average molecular weight is 349 g/mol. The quantitative estimate of drug-likeness (QED) is 0.829. The smallest absolute Gasteiger partial charge is 0.267 e. The third-order valence-electron chi connectivity index (χ3n) is 3.60. The van der Waals surface area contributed by atoms with Gasteiger partial charge in [-0.15, -0.1) is 0 Å². The molecule has 0 N–H and O–H groups in total. The number of methoxy groups -OCH3 is 2. The van der Waals surface area contributed by atoms with E-state index in [1.165, 1.54) is 45.5 Å². The molecular formula is C17H19NO5S. The summed E-state index contributed by atoms with van der Waals surface area (Å²) < 4.78 is 36.1. The van der Waals surface area contributed by atoms with Crippen LogP contribution in [0.5, 0.6) is 11.5 Å². The molecule has 0 saturated heterocycles. The number of rotatable bonds is 5. The fourth-order valence-electron chi connectivity index (χ4n) is 2.13. The minimum atomic E-state index is -3.93. The van der Waals surface area contributed by atoms with Gasteiger partial charge in [-0.25, -0.2) is 12.7 Å². The van der Waals surface area contributed by atoms with Crippen LogP contribution in [0, 0.1) is 6.92 Å². The number of carbonyl (C=O) groups excluding carboxylic acids is 1. The van der Waals surface area contributed by atoms with Gasteiger partial charge in [0.25, 0.3) is 15.9 Å². The molecule has 0 bridgehead atoms. The second kappa shape index (κ2) is 6.92. The maximum Gasteiger partial charge on any atom is 0.267 e. The van der Waals surface area contributed by atoms with Crippen molar-refractivity contribution in [1.29, 1.82) is 0 Å². The highest BCUT2D eigenvalue weighted by molar-refractivity contribution is 7.89. The molecule has 0 aliphatic heterocycles. The van der Waals surface area contributed by atoms with Gasteiger partial charge in [0, 0.05) is 12.6 Å². The first-order valence-electron chi connectivity index (χ1n) is 7.13. The van der Waals surface area contributed by atoms with E-state index in [9.17, 15) is 13.2 Å². The number of ether oxygens (including phenoxy) is 2. The standard InChI is InChI=1S/C17H19NO5S/c1-12-5-8-14(9-6-12)24(20,21)18(2)17(19)13-7-10-15(22-3)16(11-13)23-4/h5-11H,1-4H3. The number of nitrogens with zero attached hydrogens (tertiary/aromatic N) is 1. The Balaban J connectivity index is 2.36. The van der Waals surface area contributed by atoms with Gasteiger partial charge in [-0.2, -0.15) is 0 Å². The average Bonchev–Trinajstić information content (AvgIpc) is 2.60. The van der Waals surface area contributed by atoms with Gasteiger partial charge >= 0.3 is 0 Å². The molecule has 0 radical (unpaired) electrons. The zero-order chi connectivity index (χ0) is 17.9. The summed E-state index contributed by atoms with van der Waals surface area (Å²) in [7, 11) is 0.227. The first-order valence-corrected chi connectivity index (χ1v) is 8.57. The first-order chi connectivity index (χ1) is 11.3. The van der Waals surface area contributed by atoms with Gasteiger partial charge in [-0.1, -0.05) is 17.7 Å². The van der Waals surface area contributed by atoms with Crippen molar-refractivity contribution in [3.63, 3.8) is 0 Å². The molecule has 0 fully saturated rings. The molecule has 2 rings (SSSR count). The van der Waals surface area contributed by atoms with Crippen LogP contribution in [-0.2, 0) is 10.0 Å². The Labute approximate surface area is 141 Å². The largest absolute Gasteiger partial charge is 0.493 e. The fraction of sp³-hybridized carbons (Fsp3) is 0.235. The van der Waals surface area contributed by atoms with Crippen LogP contribution in [0.25, 0.3) is 0 Å². The number of carbonyl (C=O) groups is 1. The van der Waals surface area contributed by atoms with Crippen LogP contribution in [0.2, 0.25) is 0 Å². The predicted molar refractivity (Wildman–Crippen MR) is 90.0 cm³/mol. The van der Waals surface area contributed by atoms with Crippen LogP contribution in [0.4, 0.5) is 0 Å². The Kier molecular flexibility index (Phi) is 5.14. The lowest BCUT2D eigenvalue weighted by Crippen LogP contribution is -2.33. The number of benzene rings is 2. The normalized spacial score (nSPS) is 11.0. The van der Waals surface area contributed by atoms with E-state index in [0.717, 1.165) is 9.87 Å². The third kappa shape index (κ3) is 3.35. The van der Waals surface area contributed by atoms with E-state index in [2.05, 4.69) is 0 Å². The summed E-state index contributed by atoms with van der Waals surface area (Å²) in [5.74, 6) is 0.152. The molecule has 2 aromatic rings. The second-order valence-corrected chi connectivity index (χ2v) is 7.13. The minimum absolute atomic E-state index is 0.0597. The van der Waals surface area contributed by atoms with Crippen LogP contribution >= 0.6 is 0 Å². The summed E-state index contributed by atoms with van der Waals surface area (Å²) >= 11 is 0. The topological polar surface area (TPSA) is 72.9 Å². The monoisotopic (exact) mass is 349 g/mol. The van der Waals surface area contributed by atoms with Crippen molar-refractivity contribution in [2.75, 3.05) is 21.3 Å². The molecule has 2 aromatic carbocycles. The number of amides is 1. The van der Waals surface area contributed by atoms with Gasteiger partial charge in [0.1, 0.15) is 0 Å². The van der Waals surface area contributed by atoms with Gasteiger partial charge in [0.05, 0.1) is 19.1 Å². The molecule has 0 saturated carbocycles. The molecule has 7 heteroatoms. The summed E-state index contributed by atoms with van der Waals surface area (Å²) in [6.45, 7) is 1.86. The molecule has 0 atom stereocenters. The molecule has 0 unspecified atom stereocenters. The van der Waals surface area contributed by atoms with Crippen LogP contribution in [0.15, 0.2) is 47.4 Å². The van der Waals surface area contributed by atoms with E-state index in [4.69, 9.17) is 9.47 Å². The van der Waals surface area contributed by atoms with E-state index < -0.39 is 15.9 Å². The number of aryl methyl sites for hydroxylation is 1. The van der Waals surface area contributed by atoms with E-state index in [1.54, 1.807) is 18.2 Å². The van der Waals surface area contributed by atoms with Crippen LogP contribution < -0.4 is 9.47 Å². The molecule has 0 heterocycles. The SMILES string of the molecule is COc1ccc(C(=O)N(C)S(=O)(=O)c2ccc(C)cc2)cc1OC. The van der Waals surface area contributed by atoms with Gasteiger partial charge in [0.2, 0.25) is 0 Å². The van der Waals surface area contributed by atoms with Gasteiger partial charge in [0.15, 0.2) is 11.5 Å². The van der Waals surface area contributed by atoms with Crippen molar-refractivity contribution in [2.24, 2.45) is 0 Å². The highest BCUT2D eigenvalue weighted by Crippen LogP contribution is 2.28. The summed E-state index contributed by atoms with van der Waals surface area (Å²) in [4.78, 5) is 12.6. The van der Waals surface area contributed by atoms with E-state index in [-0.39, 0.29) is 10.5 Å². The number of sulfonamides is 1. The maximum atomic E-state index is 12.6. The Morgan fingerprint density at radius 1 is 0.958 bits per heavy atom. The molecule has 24 heavy (non-hydrogen) atoms. The van der Waals surface area contributed by atoms with Crippen LogP contribution in [0.1, 0.15) is 15.9 Å². The minimum Gasteiger partial charge on any atom is -0.493 e. The van der Waals surface area contributed by atoms with Crippen LogP contribution in [-0.4, -0.2) is 39.9 Å². The second-order valence-electron chi connectivity index (χ2n) is 5.16. The fourth-order valence-corrected chi connectivity index (χ4v) is 3.25. The highest BCUT2D eigenvalue weighted by atomic mass is 32.2. The Bertz CT molecular complexity index is 844. The Morgan fingerprint density at radius 3 is 2.08 bits per heavy atom. The zero-order valence-corrected chi connectivity index (χ0v) is 14.8. The van der Waals surface area contributed by atoms with Crippen molar-refractivity contribution >= 4 is 15.9 Å². The van der Waals surface area contributed by atoms with Crippen molar-refractivity contribution in [2.45, 2.75) is 11.8 Å². The molecule has 0 spiro atoms. The van der Waals surface area contributed by atoms with Crippen LogP contribution in [0.3, 0.4) is 0 Å². The van der Waals surface area contributed by atoms with E-state index >= 15 is 0 Å². The lowest BCUT2D eigenvalue weighted by Gasteiger charge is -2.18. The lowest BCUT2D eigenvalue weighted by atomic mass is 10.2. The molecule has 0 aromatic heterocycles. The Morgan fingerprint density at radius 2 is 1.54 bits per heavy atom. The first kappa shape index (κ1) is 17.8. The van der Waals surface area contributed by atoms with Crippen molar-refractivity contribution < 1.29 is 22.7 Å². The Hall–Kier alpha value is -2.54. The van der Waals surface area contributed by atoms with Crippen molar-refractivity contribution in [3.8, 4) is 11.5 Å². The molecule has 0 aliphatic carbocycles. The maximum absolute atomic E-state index is 12.6. The van der Waals surface area contributed by atoms with E-state index in [0.29, 0.717) is 11.5 Å². The highest BCUT2D eigenvalue weighted by Gasteiger charge is 2.27. The number of hydrogen-bond acceptors (Lipinski definition) is 5. The van der Waals surface area contributed by atoms with Gasteiger partial charge in [-0.05, 0) is 37.3 Å². The van der Waals surface area contributed by atoms with Crippen molar-refractivity contribution in [1.82, 2.24) is 4.31 Å². The van der Waals surface area contributed by atoms with Crippen molar-refractivity contribution in [3.05, 3.63) is 53.6 Å². The third-order valence-corrected chi connectivity index (χ3v) is 5.35. The summed E-state index contributed by atoms with van der Waals surface area (Å²) in [6, 6.07) is 10.8. The molecule has 1 amide bonds. The summed E-state index contributed by atoms with van der Waals surface area (Å²) in [5.41, 5.74) is 1.12. The van der Waals surface area contributed by atoms with Gasteiger partial charge < -0.3 is 9.47 Å².